The average Bonchev–Trinajstić information content (AvgIpc) is 2.56. The highest BCUT2D eigenvalue weighted by molar-refractivity contribution is 5.93. The summed E-state index contributed by atoms with van der Waals surface area (Å²) in [7, 11) is 0. The third kappa shape index (κ3) is 6.24. The fraction of sp³-hybridized carbons (Fsp3) is 0.381. The van der Waals surface area contributed by atoms with Crippen molar-refractivity contribution in [1.29, 1.82) is 0 Å². The highest BCUT2D eigenvalue weighted by atomic mass is 16.5. The van der Waals surface area contributed by atoms with E-state index in [1.54, 1.807) is 0 Å². The highest BCUT2D eigenvalue weighted by Gasteiger charge is 2.08. The van der Waals surface area contributed by atoms with Crippen LogP contribution in [-0.4, -0.2) is 18.6 Å². The van der Waals surface area contributed by atoms with Gasteiger partial charge in [0.2, 0.25) is 5.91 Å². The Balaban J connectivity index is 1.81. The van der Waals surface area contributed by atoms with Crippen LogP contribution in [0.1, 0.15) is 44.7 Å². The molecule has 0 fully saturated rings. The smallest absolute Gasteiger partial charge is 0.238 e. The Kier molecular flexibility index (Phi) is 7.02. The summed E-state index contributed by atoms with van der Waals surface area (Å²) < 4.78 is 5.62. The largest absolute Gasteiger partial charge is 0.491 e. The first-order valence-electron chi connectivity index (χ1n) is 8.80. The molecule has 2 aromatic carbocycles. The van der Waals surface area contributed by atoms with Crippen molar-refractivity contribution in [2.24, 2.45) is 0 Å². The van der Waals surface area contributed by atoms with E-state index in [2.05, 4.69) is 30.5 Å². The summed E-state index contributed by atoms with van der Waals surface area (Å²) in [6, 6.07) is 15.9. The lowest BCUT2D eigenvalue weighted by Gasteiger charge is -2.14. The summed E-state index contributed by atoms with van der Waals surface area (Å²) in [5, 5.41) is 6.17. The summed E-state index contributed by atoms with van der Waals surface area (Å²) in [6.07, 6.45) is 0.168. The van der Waals surface area contributed by atoms with E-state index in [9.17, 15) is 4.79 Å². The van der Waals surface area contributed by atoms with Gasteiger partial charge in [0.25, 0.3) is 0 Å². The number of carbonyl (C=O) groups excluding carboxylic acids is 1. The van der Waals surface area contributed by atoms with E-state index in [-0.39, 0.29) is 18.6 Å². The van der Waals surface area contributed by atoms with Crippen LogP contribution in [0.2, 0.25) is 0 Å². The Morgan fingerprint density at radius 2 is 1.68 bits per heavy atom. The number of hydrogen-bond acceptors (Lipinski definition) is 3. The molecule has 0 saturated carbocycles. The molecule has 0 atom stereocenters. The first-order chi connectivity index (χ1) is 12.0. The quantitative estimate of drug-likeness (QED) is 0.752. The summed E-state index contributed by atoms with van der Waals surface area (Å²) >= 11 is 0. The van der Waals surface area contributed by atoms with Crippen molar-refractivity contribution in [3.8, 4) is 5.75 Å². The van der Waals surface area contributed by atoms with E-state index in [1.807, 2.05) is 56.3 Å². The monoisotopic (exact) mass is 340 g/mol. The molecule has 0 bridgehead atoms. The fourth-order valence-electron chi connectivity index (χ4n) is 2.59. The van der Waals surface area contributed by atoms with E-state index in [0.717, 1.165) is 22.6 Å². The Hall–Kier alpha value is -2.33. The number of para-hydroxylation sites is 1. The van der Waals surface area contributed by atoms with Gasteiger partial charge in [-0.3, -0.25) is 4.79 Å². The lowest BCUT2D eigenvalue weighted by atomic mass is 10.0. The van der Waals surface area contributed by atoms with Crippen molar-refractivity contribution in [3.63, 3.8) is 0 Å². The first-order valence-corrected chi connectivity index (χ1v) is 8.80. The maximum atomic E-state index is 12.2. The summed E-state index contributed by atoms with van der Waals surface area (Å²) in [5.74, 6) is 1.20. The van der Waals surface area contributed by atoms with Gasteiger partial charge in [0, 0.05) is 12.2 Å². The summed E-state index contributed by atoms with van der Waals surface area (Å²) in [5.41, 5.74) is 3.16. The van der Waals surface area contributed by atoms with Crippen molar-refractivity contribution in [1.82, 2.24) is 5.32 Å². The average molecular weight is 340 g/mol. The molecular formula is C21H28N2O2. The number of amides is 1. The summed E-state index contributed by atoms with van der Waals surface area (Å²) in [6.45, 7) is 9.17. The van der Waals surface area contributed by atoms with Crippen molar-refractivity contribution in [3.05, 3.63) is 59.7 Å². The molecule has 2 aromatic rings. The van der Waals surface area contributed by atoms with Gasteiger partial charge in [0.15, 0.2) is 0 Å². The lowest BCUT2D eigenvalue weighted by Crippen LogP contribution is -2.28. The van der Waals surface area contributed by atoms with Crippen LogP contribution in [0, 0.1) is 0 Å². The van der Waals surface area contributed by atoms with Crippen molar-refractivity contribution in [2.75, 3.05) is 11.9 Å². The highest BCUT2D eigenvalue weighted by Crippen LogP contribution is 2.23. The van der Waals surface area contributed by atoms with Gasteiger partial charge < -0.3 is 15.4 Å². The SMILES string of the molecule is CC(C)Oc1ccc(CNCC(=O)Nc2ccccc2C(C)C)cc1. The van der Waals surface area contributed by atoms with Gasteiger partial charge >= 0.3 is 0 Å². The molecule has 0 aromatic heterocycles. The van der Waals surface area contributed by atoms with Gasteiger partial charge in [-0.15, -0.1) is 0 Å². The second kappa shape index (κ2) is 9.23. The Morgan fingerprint density at radius 3 is 2.32 bits per heavy atom. The van der Waals surface area contributed by atoms with Crippen molar-refractivity contribution >= 4 is 11.6 Å². The first kappa shape index (κ1) is 19.0. The number of nitrogens with one attached hydrogen (secondary N) is 2. The Labute approximate surface area is 150 Å². The van der Waals surface area contributed by atoms with E-state index >= 15 is 0 Å². The third-order valence-electron chi connectivity index (χ3n) is 3.77. The second-order valence-corrected chi connectivity index (χ2v) is 6.70. The number of anilines is 1. The fourth-order valence-corrected chi connectivity index (χ4v) is 2.59. The molecule has 2 N–H and O–H groups in total. The molecule has 0 spiro atoms. The zero-order valence-electron chi connectivity index (χ0n) is 15.5. The Morgan fingerprint density at radius 1 is 1.00 bits per heavy atom. The lowest BCUT2D eigenvalue weighted by molar-refractivity contribution is -0.115. The predicted octanol–water partition coefficient (Wildman–Crippen LogP) is 4.33. The van der Waals surface area contributed by atoms with Crippen LogP contribution >= 0.6 is 0 Å². The zero-order chi connectivity index (χ0) is 18.2. The molecule has 0 radical (unpaired) electrons. The van der Waals surface area contributed by atoms with Gasteiger partial charge in [0.05, 0.1) is 12.6 Å². The maximum Gasteiger partial charge on any atom is 0.238 e. The molecule has 4 nitrogen and oxygen atoms in total. The van der Waals surface area contributed by atoms with E-state index < -0.39 is 0 Å². The van der Waals surface area contributed by atoms with Crippen molar-refractivity contribution < 1.29 is 9.53 Å². The molecule has 0 aliphatic carbocycles. The molecule has 25 heavy (non-hydrogen) atoms. The van der Waals surface area contributed by atoms with E-state index in [4.69, 9.17) is 4.74 Å². The van der Waals surface area contributed by atoms with Crippen LogP contribution in [-0.2, 0) is 11.3 Å². The number of benzene rings is 2. The Bertz CT molecular complexity index is 679. The van der Waals surface area contributed by atoms with Crippen LogP contribution in [0.15, 0.2) is 48.5 Å². The molecule has 4 heteroatoms. The van der Waals surface area contributed by atoms with Crippen LogP contribution in [0.25, 0.3) is 0 Å². The predicted molar refractivity (Wildman–Crippen MR) is 103 cm³/mol. The molecule has 0 unspecified atom stereocenters. The third-order valence-corrected chi connectivity index (χ3v) is 3.77. The standard InChI is InChI=1S/C21H28N2O2/c1-15(2)19-7-5-6-8-20(19)23-21(24)14-22-13-17-9-11-18(12-10-17)25-16(3)4/h5-12,15-16,22H,13-14H2,1-4H3,(H,23,24). The molecule has 0 aliphatic heterocycles. The number of hydrogen-bond donors (Lipinski definition) is 2. The van der Waals surface area contributed by atoms with Gasteiger partial charge in [-0.1, -0.05) is 44.2 Å². The van der Waals surface area contributed by atoms with Gasteiger partial charge in [-0.05, 0) is 49.1 Å². The minimum atomic E-state index is -0.0344. The summed E-state index contributed by atoms with van der Waals surface area (Å²) in [4.78, 5) is 12.2. The molecular weight excluding hydrogens is 312 g/mol. The minimum absolute atomic E-state index is 0.0344. The topological polar surface area (TPSA) is 50.4 Å². The van der Waals surface area contributed by atoms with Gasteiger partial charge in [-0.2, -0.15) is 0 Å². The minimum Gasteiger partial charge on any atom is -0.491 e. The van der Waals surface area contributed by atoms with Crippen LogP contribution in [0.5, 0.6) is 5.75 Å². The number of carbonyl (C=O) groups is 1. The normalized spacial score (nSPS) is 11.0. The molecule has 1 amide bonds. The van der Waals surface area contributed by atoms with Crippen LogP contribution < -0.4 is 15.4 Å². The zero-order valence-corrected chi connectivity index (χ0v) is 15.5. The maximum absolute atomic E-state index is 12.2. The molecule has 2 rings (SSSR count). The van der Waals surface area contributed by atoms with Crippen LogP contribution in [0.3, 0.4) is 0 Å². The molecule has 0 aliphatic rings. The van der Waals surface area contributed by atoms with Crippen LogP contribution in [0.4, 0.5) is 5.69 Å². The molecule has 134 valence electrons. The van der Waals surface area contributed by atoms with E-state index in [1.165, 1.54) is 0 Å². The molecule has 0 heterocycles. The van der Waals surface area contributed by atoms with E-state index in [0.29, 0.717) is 12.5 Å². The number of ether oxygens (including phenoxy) is 1. The van der Waals surface area contributed by atoms with Crippen molar-refractivity contribution in [2.45, 2.75) is 46.3 Å². The second-order valence-electron chi connectivity index (χ2n) is 6.70. The van der Waals surface area contributed by atoms with Gasteiger partial charge in [-0.25, -0.2) is 0 Å². The van der Waals surface area contributed by atoms with Gasteiger partial charge in [0.1, 0.15) is 5.75 Å². The molecule has 0 saturated heterocycles. The number of rotatable bonds is 8.